The maximum Gasteiger partial charge on any atom is 0.129 e. The Morgan fingerprint density at radius 1 is 1.67 bits per heavy atom. The molecule has 0 amide bonds. The zero-order valence-electron chi connectivity index (χ0n) is 7.29. The third-order valence-electron chi connectivity index (χ3n) is 2.36. The number of nitrogens with two attached hydrogens (primary N) is 1. The lowest BCUT2D eigenvalue weighted by Crippen LogP contribution is -2.00. The van der Waals surface area contributed by atoms with Crippen LogP contribution in [-0.2, 0) is 11.3 Å². The van der Waals surface area contributed by atoms with Crippen molar-refractivity contribution >= 4 is 5.82 Å². The van der Waals surface area contributed by atoms with E-state index in [1.54, 1.807) is 6.20 Å². The highest BCUT2D eigenvalue weighted by molar-refractivity contribution is 5.50. The van der Waals surface area contributed by atoms with Gasteiger partial charge in [0.1, 0.15) is 5.82 Å². The van der Waals surface area contributed by atoms with Crippen LogP contribution in [0.2, 0.25) is 0 Å². The Bertz CT molecular complexity index is 323. The standard InChI is InChI=1S/C9H12N2O/c1-5-3-11-9(10)8-6(2)12-4-7(5)8/h3,6H,4H2,1-2H3,(H2,10,11). The zero-order chi connectivity index (χ0) is 8.72. The summed E-state index contributed by atoms with van der Waals surface area (Å²) in [7, 11) is 0. The van der Waals surface area contributed by atoms with Crippen LogP contribution >= 0.6 is 0 Å². The summed E-state index contributed by atoms with van der Waals surface area (Å²) in [5.74, 6) is 0.612. The van der Waals surface area contributed by atoms with Crippen LogP contribution in [0, 0.1) is 6.92 Å². The third kappa shape index (κ3) is 0.898. The number of pyridine rings is 1. The average Bonchev–Trinajstić information content (AvgIpc) is 2.42. The summed E-state index contributed by atoms with van der Waals surface area (Å²) in [6, 6.07) is 0. The van der Waals surface area contributed by atoms with Gasteiger partial charge in [0.15, 0.2) is 0 Å². The Labute approximate surface area is 71.6 Å². The van der Waals surface area contributed by atoms with E-state index in [9.17, 15) is 0 Å². The van der Waals surface area contributed by atoms with E-state index < -0.39 is 0 Å². The van der Waals surface area contributed by atoms with Gasteiger partial charge < -0.3 is 10.5 Å². The molecule has 3 heteroatoms. The summed E-state index contributed by atoms with van der Waals surface area (Å²) in [6.07, 6.45) is 1.91. The molecule has 1 aromatic heterocycles. The van der Waals surface area contributed by atoms with E-state index in [1.165, 1.54) is 11.1 Å². The number of nitrogen functional groups attached to an aromatic ring is 1. The number of rotatable bonds is 0. The minimum atomic E-state index is 0.104. The van der Waals surface area contributed by atoms with Crippen molar-refractivity contribution in [2.75, 3.05) is 5.73 Å². The summed E-state index contributed by atoms with van der Waals surface area (Å²) in [5, 5.41) is 0. The topological polar surface area (TPSA) is 48.1 Å². The molecule has 3 nitrogen and oxygen atoms in total. The van der Waals surface area contributed by atoms with Crippen molar-refractivity contribution in [3.63, 3.8) is 0 Å². The van der Waals surface area contributed by atoms with Gasteiger partial charge in [-0.15, -0.1) is 0 Å². The van der Waals surface area contributed by atoms with Crippen molar-refractivity contribution in [2.45, 2.75) is 26.6 Å². The van der Waals surface area contributed by atoms with Crippen LogP contribution in [0.3, 0.4) is 0 Å². The molecule has 0 spiro atoms. The lowest BCUT2D eigenvalue weighted by Gasteiger charge is -2.06. The molecule has 0 bridgehead atoms. The van der Waals surface area contributed by atoms with Gasteiger partial charge in [-0.1, -0.05) is 0 Å². The number of aromatic nitrogens is 1. The molecular weight excluding hydrogens is 152 g/mol. The lowest BCUT2D eigenvalue weighted by atomic mass is 10.0. The molecule has 2 N–H and O–H groups in total. The normalized spacial score (nSPS) is 21.0. The number of hydrogen-bond donors (Lipinski definition) is 1. The molecule has 1 atom stereocenters. The molecule has 2 rings (SSSR count). The van der Waals surface area contributed by atoms with Crippen molar-refractivity contribution in [1.29, 1.82) is 0 Å². The fourth-order valence-corrected chi connectivity index (χ4v) is 1.62. The molecule has 0 saturated carbocycles. The maximum atomic E-state index is 5.74. The number of nitrogens with zero attached hydrogens (tertiary/aromatic N) is 1. The minimum absolute atomic E-state index is 0.104. The molecule has 1 aromatic rings. The van der Waals surface area contributed by atoms with Crippen molar-refractivity contribution in [1.82, 2.24) is 4.98 Å². The molecule has 0 radical (unpaired) electrons. The first kappa shape index (κ1) is 7.55. The van der Waals surface area contributed by atoms with Gasteiger partial charge >= 0.3 is 0 Å². The molecule has 1 aliphatic heterocycles. The van der Waals surface area contributed by atoms with Gasteiger partial charge in [0.25, 0.3) is 0 Å². The summed E-state index contributed by atoms with van der Waals surface area (Å²) in [6.45, 7) is 4.71. The highest BCUT2D eigenvalue weighted by atomic mass is 16.5. The second-order valence-corrected chi connectivity index (χ2v) is 3.17. The molecule has 12 heavy (non-hydrogen) atoms. The van der Waals surface area contributed by atoms with Gasteiger partial charge in [0.05, 0.1) is 12.7 Å². The molecule has 0 aromatic carbocycles. The van der Waals surface area contributed by atoms with Gasteiger partial charge in [-0.2, -0.15) is 0 Å². The van der Waals surface area contributed by atoms with E-state index >= 15 is 0 Å². The van der Waals surface area contributed by atoms with Gasteiger partial charge in [0.2, 0.25) is 0 Å². The minimum Gasteiger partial charge on any atom is -0.383 e. The smallest absolute Gasteiger partial charge is 0.129 e. The van der Waals surface area contributed by atoms with Crippen molar-refractivity contribution in [2.24, 2.45) is 0 Å². The largest absolute Gasteiger partial charge is 0.383 e. The van der Waals surface area contributed by atoms with E-state index in [4.69, 9.17) is 10.5 Å². The number of ether oxygens (including phenoxy) is 1. The Kier molecular flexibility index (Phi) is 1.54. The van der Waals surface area contributed by atoms with Gasteiger partial charge in [0, 0.05) is 11.8 Å². The average molecular weight is 164 g/mol. The second kappa shape index (κ2) is 2.45. The first-order valence-corrected chi connectivity index (χ1v) is 4.05. The third-order valence-corrected chi connectivity index (χ3v) is 2.36. The monoisotopic (exact) mass is 164 g/mol. The van der Waals surface area contributed by atoms with Crippen molar-refractivity contribution < 1.29 is 4.74 Å². The zero-order valence-corrected chi connectivity index (χ0v) is 7.29. The van der Waals surface area contributed by atoms with Crippen LogP contribution in [0.1, 0.15) is 29.7 Å². The van der Waals surface area contributed by atoms with Crippen LogP contribution in [-0.4, -0.2) is 4.98 Å². The fourth-order valence-electron chi connectivity index (χ4n) is 1.62. The van der Waals surface area contributed by atoms with E-state index in [1.807, 2.05) is 13.8 Å². The summed E-state index contributed by atoms with van der Waals surface area (Å²) < 4.78 is 5.46. The molecule has 1 unspecified atom stereocenters. The maximum absolute atomic E-state index is 5.74. The SMILES string of the molecule is Cc1cnc(N)c2c1COC2C. The van der Waals surface area contributed by atoms with Crippen LogP contribution in [0.15, 0.2) is 6.20 Å². The summed E-state index contributed by atoms with van der Waals surface area (Å²) in [4.78, 5) is 4.10. The highest BCUT2D eigenvalue weighted by Crippen LogP contribution is 2.34. The van der Waals surface area contributed by atoms with Crippen LogP contribution < -0.4 is 5.73 Å². The van der Waals surface area contributed by atoms with Gasteiger partial charge in [-0.3, -0.25) is 0 Å². The number of fused-ring (bicyclic) bond motifs is 1. The quantitative estimate of drug-likeness (QED) is 0.633. The van der Waals surface area contributed by atoms with Crippen LogP contribution in [0.5, 0.6) is 0 Å². The van der Waals surface area contributed by atoms with Gasteiger partial charge in [-0.05, 0) is 25.0 Å². The van der Waals surface area contributed by atoms with Crippen molar-refractivity contribution in [3.05, 3.63) is 22.9 Å². The van der Waals surface area contributed by atoms with E-state index in [0.717, 1.165) is 5.56 Å². The number of anilines is 1. The van der Waals surface area contributed by atoms with E-state index in [2.05, 4.69) is 4.98 Å². The lowest BCUT2D eigenvalue weighted by molar-refractivity contribution is 0.0797. The highest BCUT2D eigenvalue weighted by Gasteiger charge is 2.23. The molecular formula is C9H12N2O. The van der Waals surface area contributed by atoms with E-state index in [-0.39, 0.29) is 6.10 Å². The summed E-state index contributed by atoms with van der Waals surface area (Å²) in [5.41, 5.74) is 9.21. The van der Waals surface area contributed by atoms with Gasteiger partial charge in [-0.25, -0.2) is 4.98 Å². The Morgan fingerprint density at radius 2 is 2.42 bits per heavy atom. The first-order valence-electron chi connectivity index (χ1n) is 4.05. The summed E-state index contributed by atoms with van der Waals surface area (Å²) >= 11 is 0. The molecule has 1 aliphatic rings. The van der Waals surface area contributed by atoms with Crippen molar-refractivity contribution in [3.8, 4) is 0 Å². The number of hydrogen-bond acceptors (Lipinski definition) is 3. The molecule has 0 aliphatic carbocycles. The molecule has 0 fully saturated rings. The number of aryl methyl sites for hydroxylation is 1. The Hall–Kier alpha value is -1.09. The molecule has 0 saturated heterocycles. The van der Waals surface area contributed by atoms with E-state index in [0.29, 0.717) is 12.4 Å². The van der Waals surface area contributed by atoms with Crippen LogP contribution in [0.25, 0.3) is 0 Å². The Morgan fingerprint density at radius 3 is 3.08 bits per heavy atom. The molecule has 64 valence electrons. The predicted octanol–water partition coefficient (Wildman–Crippen LogP) is 1.56. The Balaban J connectivity index is 2.64. The molecule has 2 heterocycles. The fraction of sp³-hybridized carbons (Fsp3) is 0.444. The van der Waals surface area contributed by atoms with Crippen LogP contribution in [0.4, 0.5) is 5.82 Å². The predicted molar refractivity (Wildman–Crippen MR) is 46.6 cm³/mol. The first-order chi connectivity index (χ1) is 5.70. The second-order valence-electron chi connectivity index (χ2n) is 3.17.